The quantitative estimate of drug-likeness (QED) is 0.448. The van der Waals surface area contributed by atoms with Gasteiger partial charge in [0.1, 0.15) is 5.15 Å². The number of rotatable bonds is 3. The number of hydrogen-bond donors (Lipinski definition) is 0. The Morgan fingerprint density at radius 3 is 2.29 bits per heavy atom. The molecule has 6 heteroatoms. The maximum absolute atomic E-state index is 11.0. The summed E-state index contributed by atoms with van der Waals surface area (Å²) in [6, 6.07) is 10.7. The van der Waals surface area contributed by atoms with Gasteiger partial charge in [0.25, 0.3) is 0 Å². The van der Waals surface area contributed by atoms with E-state index in [9.17, 15) is 10.1 Å². The van der Waals surface area contributed by atoms with Crippen LogP contribution in [0.15, 0.2) is 46.3 Å². The molecule has 0 bridgehead atoms. The SMILES string of the molecule is CC(C)(C)c1ccc(Sc2nc(Cl)ccc2[N+](=O)[O-])cc1. The molecule has 1 aromatic carbocycles. The number of benzene rings is 1. The first-order valence-corrected chi connectivity index (χ1v) is 7.56. The van der Waals surface area contributed by atoms with Gasteiger partial charge in [-0.2, -0.15) is 0 Å². The lowest BCUT2D eigenvalue weighted by molar-refractivity contribution is -0.388. The van der Waals surface area contributed by atoms with E-state index in [-0.39, 0.29) is 16.3 Å². The minimum absolute atomic E-state index is 0.0377. The normalized spacial score (nSPS) is 11.4. The monoisotopic (exact) mass is 322 g/mol. The van der Waals surface area contributed by atoms with Crippen molar-refractivity contribution in [1.29, 1.82) is 0 Å². The van der Waals surface area contributed by atoms with Crippen LogP contribution in [0.3, 0.4) is 0 Å². The lowest BCUT2D eigenvalue weighted by atomic mass is 9.87. The van der Waals surface area contributed by atoms with Gasteiger partial charge in [-0.3, -0.25) is 10.1 Å². The first-order chi connectivity index (χ1) is 9.77. The Balaban J connectivity index is 2.30. The molecule has 110 valence electrons. The molecule has 0 aliphatic carbocycles. The molecule has 21 heavy (non-hydrogen) atoms. The zero-order valence-electron chi connectivity index (χ0n) is 12.0. The molecule has 0 radical (unpaired) electrons. The van der Waals surface area contributed by atoms with Gasteiger partial charge < -0.3 is 0 Å². The first-order valence-electron chi connectivity index (χ1n) is 6.37. The zero-order chi connectivity index (χ0) is 15.6. The molecule has 0 atom stereocenters. The number of hydrogen-bond acceptors (Lipinski definition) is 4. The summed E-state index contributed by atoms with van der Waals surface area (Å²) >= 11 is 7.06. The average Bonchev–Trinajstić information content (AvgIpc) is 2.38. The summed E-state index contributed by atoms with van der Waals surface area (Å²) in [7, 11) is 0. The van der Waals surface area contributed by atoms with Crippen molar-refractivity contribution in [3.63, 3.8) is 0 Å². The van der Waals surface area contributed by atoms with Crippen LogP contribution in [0.1, 0.15) is 26.3 Å². The maximum Gasteiger partial charge on any atom is 0.301 e. The van der Waals surface area contributed by atoms with Crippen LogP contribution in [0.2, 0.25) is 5.15 Å². The Hall–Kier alpha value is -1.59. The zero-order valence-corrected chi connectivity index (χ0v) is 13.5. The van der Waals surface area contributed by atoms with Gasteiger partial charge in [0, 0.05) is 11.0 Å². The van der Waals surface area contributed by atoms with E-state index in [1.807, 2.05) is 24.3 Å². The summed E-state index contributed by atoms with van der Waals surface area (Å²) in [5.41, 5.74) is 1.24. The van der Waals surface area contributed by atoms with Crippen LogP contribution in [0, 0.1) is 10.1 Å². The molecule has 0 aliphatic rings. The van der Waals surface area contributed by atoms with Crippen LogP contribution in [0.4, 0.5) is 5.69 Å². The van der Waals surface area contributed by atoms with Crippen molar-refractivity contribution in [2.24, 2.45) is 0 Å². The largest absolute Gasteiger partial charge is 0.301 e. The van der Waals surface area contributed by atoms with E-state index in [1.54, 1.807) is 0 Å². The van der Waals surface area contributed by atoms with E-state index >= 15 is 0 Å². The van der Waals surface area contributed by atoms with Crippen molar-refractivity contribution in [2.75, 3.05) is 0 Å². The standard InChI is InChI=1S/C15H15ClN2O2S/c1-15(2,3)10-4-6-11(7-5-10)21-14-12(18(19)20)8-9-13(16)17-14/h4-9H,1-3H3. The van der Waals surface area contributed by atoms with Gasteiger partial charge in [-0.25, -0.2) is 4.98 Å². The Labute approximate surface area is 132 Å². The fraction of sp³-hybridized carbons (Fsp3) is 0.267. The minimum atomic E-state index is -0.449. The van der Waals surface area contributed by atoms with Crippen LogP contribution >= 0.6 is 23.4 Å². The summed E-state index contributed by atoms with van der Waals surface area (Å²) in [6.45, 7) is 6.41. The minimum Gasteiger partial charge on any atom is -0.258 e. The molecule has 2 aromatic rings. The molecule has 0 aliphatic heterocycles. The van der Waals surface area contributed by atoms with Crippen LogP contribution in [0.5, 0.6) is 0 Å². The number of halogens is 1. The second kappa shape index (κ2) is 6.03. The highest BCUT2D eigenvalue weighted by molar-refractivity contribution is 7.99. The lowest BCUT2D eigenvalue weighted by Crippen LogP contribution is -2.10. The Morgan fingerprint density at radius 2 is 1.76 bits per heavy atom. The second-order valence-corrected chi connectivity index (χ2v) is 7.04. The number of nitro groups is 1. The number of pyridine rings is 1. The fourth-order valence-corrected chi connectivity index (χ4v) is 2.84. The van der Waals surface area contributed by atoms with Crippen molar-refractivity contribution in [2.45, 2.75) is 36.1 Å². The van der Waals surface area contributed by atoms with Crippen LogP contribution in [-0.2, 0) is 5.41 Å². The van der Waals surface area contributed by atoms with Crippen molar-refractivity contribution in [3.05, 3.63) is 57.2 Å². The van der Waals surface area contributed by atoms with Crippen molar-refractivity contribution < 1.29 is 4.92 Å². The Morgan fingerprint density at radius 1 is 1.14 bits per heavy atom. The Kier molecular flexibility index (Phi) is 4.54. The highest BCUT2D eigenvalue weighted by Gasteiger charge is 2.18. The van der Waals surface area contributed by atoms with E-state index in [1.165, 1.54) is 29.5 Å². The molecule has 0 saturated carbocycles. The highest BCUT2D eigenvalue weighted by Crippen LogP contribution is 2.35. The van der Waals surface area contributed by atoms with Gasteiger partial charge in [0.2, 0.25) is 0 Å². The second-order valence-electron chi connectivity index (χ2n) is 5.59. The van der Waals surface area contributed by atoms with Crippen molar-refractivity contribution in [3.8, 4) is 0 Å². The van der Waals surface area contributed by atoms with Gasteiger partial charge in [-0.05, 0) is 29.2 Å². The van der Waals surface area contributed by atoms with E-state index < -0.39 is 4.92 Å². The average molecular weight is 323 g/mol. The third-order valence-electron chi connectivity index (χ3n) is 2.94. The van der Waals surface area contributed by atoms with Crippen LogP contribution in [-0.4, -0.2) is 9.91 Å². The molecular formula is C15H15ClN2O2S. The molecule has 4 nitrogen and oxygen atoms in total. The van der Waals surface area contributed by atoms with Gasteiger partial charge in [-0.15, -0.1) is 0 Å². The molecule has 0 unspecified atom stereocenters. The van der Waals surface area contributed by atoms with Crippen molar-refractivity contribution in [1.82, 2.24) is 4.98 Å². The molecular weight excluding hydrogens is 308 g/mol. The summed E-state index contributed by atoms with van der Waals surface area (Å²) in [4.78, 5) is 15.5. The van der Waals surface area contributed by atoms with Crippen molar-refractivity contribution >= 4 is 29.1 Å². The van der Waals surface area contributed by atoms with E-state index in [0.717, 1.165) is 4.90 Å². The smallest absolute Gasteiger partial charge is 0.258 e. The molecule has 0 spiro atoms. The van der Waals surface area contributed by atoms with Crippen LogP contribution < -0.4 is 0 Å². The van der Waals surface area contributed by atoms with Gasteiger partial charge in [-0.1, -0.05) is 56.3 Å². The maximum atomic E-state index is 11.0. The molecule has 0 fully saturated rings. The first kappa shape index (κ1) is 15.8. The van der Waals surface area contributed by atoms with Gasteiger partial charge >= 0.3 is 5.69 Å². The predicted octanol–water partition coefficient (Wildman–Crippen LogP) is 5.09. The van der Waals surface area contributed by atoms with E-state index in [4.69, 9.17) is 11.6 Å². The molecule has 1 aromatic heterocycles. The molecule has 0 saturated heterocycles. The summed E-state index contributed by atoms with van der Waals surface area (Å²) in [6.07, 6.45) is 0. The highest BCUT2D eigenvalue weighted by atomic mass is 35.5. The fourth-order valence-electron chi connectivity index (χ4n) is 1.76. The van der Waals surface area contributed by atoms with E-state index in [2.05, 4.69) is 25.8 Å². The van der Waals surface area contributed by atoms with Gasteiger partial charge in [0.15, 0.2) is 5.03 Å². The third-order valence-corrected chi connectivity index (χ3v) is 4.15. The summed E-state index contributed by atoms with van der Waals surface area (Å²) in [5.74, 6) is 0. The molecule has 2 rings (SSSR count). The Bertz CT molecular complexity index is 666. The third kappa shape index (κ3) is 3.95. The number of nitrogens with zero attached hydrogens (tertiary/aromatic N) is 2. The summed E-state index contributed by atoms with van der Waals surface area (Å²) in [5, 5.41) is 11.6. The van der Waals surface area contributed by atoms with Crippen LogP contribution in [0.25, 0.3) is 0 Å². The topological polar surface area (TPSA) is 56.0 Å². The predicted molar refractivity (Wildman–Crippen MR) is 85.2 cm³/mol. The lowest BCUT2D eigenvalue weighted by Gasteiger charge is -2.18. The summed E-state index contributed by atoms with van der Waals surface area (Å²) < 4.78 is 0. The molecule has 0 N–H and O–H groups in total. The van der Waals surface area contributed by atoms with E-state index in [0.29, 0.717) is 5.03 Å². The molecule has 0 amide bonds. The number of aromatic nitrogens is 1. The molecule has 1 heterocycles. The van der Waals surface area contributed by atoms with Gasteiger partial charge in [0.05, 0.1) is 4.92 Å².